The topological polar surface area (TPSA) is 70.4 Å². The first-order valence-electron chi connectivity index (χ1n) is 5.16. The molecular formula is C10H18N4O2. The summed E-state index contributed by atoms with van der Waals surface area (Å²) in [6.45, 7) is 3.48. The fourth-order valence-electron chi connectivity index (χ4n) is 1.10. The Balaban J connectivity index is 2.15. The number of rotatable bonds is 6. The molecule has 0 aliphatic rings. The number of anilines is 1. The lowest BCUT2D eigenvalue weighted by molar-refractivity contribution is -0.119. The largest absolute Gasteiger partial charge is 0.360 e. The van der Waals surface area contributed by atoms with Crippen LogP contribution in [-0.2, 0) is 4.79 Å². The first-order chi connectivity index (χ1) is 7.58. The van der Waals surface area contributed by atoms with Crippen LogP contribution in [0.3, 0.4) is 0 Å². The number of amides is 1. The number of nitrogens with one attached hydrogen (secondary N) is 2. The standard InChI is InChI=1S/C10H18N4O2/c1-8-6-9(13-16-8)12-7-10(15)11-4-5-14(2)3/h6H,4-5,7H2,1-3H3,(H,11,15)(H,12,13). The monoisotopic (exact) mass is 226 g/mol. The molecule has 6 heteroatoms. The van der Waals surface area contributed by atoms with E-state index >= 15 is 0 Å². The molecule has 0 radical (unpaired) electrons. The van der Waals surface area contributed by atoms with E-state index < -0.39 is 0 Å². The zero-order valence-corrected chi connectivity index (χ0v) is 9.91. The van der Waals surface area contributed by atoms with Gasteiger partial charge in [-0.2, -0.15) is 0 Å². The molecule has 0 fully saturated rings. The summed E-state index contributed by atoms with van der Waals surface area (Å²) < 4.78 is 4.86. The molecule has 0 atom stereocenters. The molecule has 1 rings (SSSR count). The van der Waals surface area contributed by atoms with Crippen LogP contribution in [0.25, 0.3) is 0 Å². The SMILES string of the molecule is Cc1cc(NCC(=O)NCCN(C)C)no1. The Bertz CT molecular complexity index is 335. The highest BCUT2D eigenvalue weighted by molar-refractivity contribution is 5.80. The van der Waals surface area contributed by atoms with Gasteiger partial charge in [-0.15, -0.1) is 0 Å². The number of likely N-dealkylation sites (N-methyl/N-ethyl adjacent to an activating group) is 1. The number of hydrogen-bond acceptors (Lipinski definition) is 5. The molecule has 1 aromatic rings. The molecule has 1 amide bonds. The lowest BCUT2D eigenvalue weighted by atomic mass is 10.4. The van der Waals surface area contributed by atoms with Gasteiger partial charge in [0.05, 0.1) is 6.54 Å². The van der Waals surface area contributed by atoms with Crippen molar-refractivity contribution in [2.45, 2.75) is 6.92 Å². The molecule has 2 N–H and O–H groups in total. The van der Waals surface area contributed by atoms with Gasteiger partial charge in [-0.1, -0.05) is 5.16 Å². The molecule has 0 aliphatic carbocycles. The zero-order valence-electron chi connectivity index (χ0n) is 9.91. The van der Waals surface area contributed by atoms with Crippen LogP contribution < -0.4 is 10.6 Å². The normalized spacial score (nSPS) is 10.5. The highest BCUT2D eigenvalue weighted by atomic mass is 16.5. The molecule has 1 heterocycles. The van der Waals surface area contributed by atoms with E-state index in [-0.39, 0.29) is 12.5 Å². The molecule has 0 aliphatic heterocycles. The van der Waals surface area contributed by atoms with E-state index in [1.165, 1.54) is 0 Å². The fourth-order valence-corrected chi connectivity index (χ4v) is 1.10. The number of aromatic nitrogens is 1. The Labute approximate surface area is 95.0 Å². The number of carbonyl (C=O) groups excluding carboxylic acids is 1. The summed E-state index contributed by atoms with van der Waals surface area (Å²) in [5.74, 6) is 1.25. The van der Waals surface area contributed by atoms with E-state index in [1.807, 2.05) is 19.0 Å². The van der Waals surface area contributed by atoms with Crippen LogP contribution in [0.1, 0.15) is 5.76 Å². The van der Waals surface area contributed by atoms with Gasteiger partial charge in [0.1, 0.15) is 5.76 Å². The van der Waals surface area contributed by atoms with Gasteiger partial charge in [-0.25, -0.2) is 0 Å². The smallest absolute Gasteiger partial charge is 0.239 e. The third-order valence-corrected chi connectivity index (χ3v) is 1.94. The Morgan fingerprint density at radius 2 is 2.31 bits per heavy atom. The summed E-state index contributed by atoms with van der Waals surface area (Å²) in [5, 5.41) is 9.38. The summed E-state index contributed by atoms with van der Waals surface area (Å²) in [7, 11) is 3.92. The minimum Gasteiger partial charge on any atom is -0.360 e. The molecule has 16 heavy (non-hydrogen) atoms. The molecule has 90 valence electrons. The van der Waals surface area contributed by atoms with E-state index in [0.29, 0.717) is 12.4 Å². The second-order valence-corrected chi connectivity index (χ2v) is 3.83. The molecule has 0 unspecified atom stereocenters. The molecule has 0 aromatic carbocycles. The predicted octanol–water partition coefficient (Wildman–Crippen LogP) is 0.0727. The number of aryl methyl sites for hydroxylation is 1. The minimum atomic E-state index is -0.0532. The van der Waals surface area contributed by atoms with Gasteiger partial charge < -0.3 is 20.1 Å². The Hall–Kier alpha value is -1.56. The van der Waals surface area contributed by atoms with Crippen molar-refractivity contribution in [1.29, 1.82) is 0 Å². The van der Waals surface area contributed by atoms with Crippen LogP contribution in [0.5, 0.6) is 0 Å². The van der Waals surface area contributed by atoms with Gasteiger partial charge in [-0.3, -0.25) is 4.79 Å². The van der Waals surface area contributed by atoms with Crippen molar-refractivity contribution in [1.82, 2.24) is 15.4 Å². The van der Waals surface area contributed by atoms with Crippen molar-refractivity contribution in [3.8, 4) is 0 Å². The Kier molecular flexibility index (Phi) is 4.78. The van der Waals surface area contributed by atoms with Crippen LogP contribution in [-0.4, -0.2) is 49.7 Å². The molecule has 0 saturated heterocycles. The number of nitrogens with zero attached hydrogens (tertiary/aromatic N) is 2. The quantitative estimate of drug-likeness (QED) is 0.718. The van der Waals surface area contributed by atoms with E-state index in [0.717, 1.165) is 12.3 Å². The Morgan fingerprint density at radius 1 is 1.56 bits per heavy atom. The third-order valence-electron chi connectivity index (χ3n) is 1.94. The van der Waals surface area contributed by atoms with E-state index in [2.05, 4.69) is 15.8 Å². The summed E-state index contributed by atoms with van der Waals surface area (Å²) in [6, 6.07) is 1.74. The maximum absolute atomic E-state index is 11.4. The average molecular weight is 226 g/mol. The van der Waals surface area contributed by atoms with Crippen molar-refractivity contribution in [3.05, 3.63) is 11.8 Å². The van der Waals surface area contributed by atoms with Crippen LogP contribution in [0.15, 0.2) is 10.6 Å². The highest BCUT2D eigenvalue weighted by Gasteiger charge is 2.03. The molecular weight excluding hydrogens is 208 g/mol. The summed E-state index contributed by atoms with van der Waals surface area (Å²) in [5.41, 5.74) is 0. The van der Waals surface area contributed by atoms with E-state index in [1.54, 1.807) is 13.0 Å². The van der Waals surface area contributed by atoms with Gasteiger partial charge in [-0.05, 0) is 21.0 Å². The lowest BCUT2D eigenvalue weighted by Crippen LogP contribution is -2.35. The lowest BCUT2D eigenvalue weighted by Gasteiger charge is -2.10. The zero-order chi connectivity index (χ0) is 12.0. The summed E-state index contributed by atoms with van der Waals surface area (Å²) in [6.07, 6.45) is 0. The highest BCUT2D eigenvalue weighted by Crippen LogP contribution is 2.05. The van der Waals surface area contributed by atoms with Crippen molar-refractivity contribution in [3.63, 3.8) is 0 Å². The molecule has 6 nitrogen and oxygen atoms in total. The van der Waals surface area contributed by atoms with Crippen molar-refractivity contribution in [2.24, 2.45) is 0 Å². The molecule has 0 bridgehead atoms. The van der Waals surface area contributed by atoms with Gasteiger partial charge in [0.25, 0.3) is 0 Å². The van der Waals surface area contributed by atoms with Gasteiger partial charge in [0.15, 0.2) is 5.82 Å². The number of hydrogen-bond donors (Lipinski definition) is 2. The maximum atomic E-state index is 11.4. The fraction of sp³-hybridized carbons (Fsp3) is 0.600. The van der Waals surface area contributed by atoms with Crippen molar-refractivity contribution >= 4 is 11.7 Å². The summed E-state index contributed by atoms with van der Waals surface area (Å²) in [4.78, 5) is 13.4. The molecule has 1 aromatic heterocycles. The van der Waals surface area contributed by atoms with E-state index in [4.69, 9.17) is 4.52 Å². The Morgan fingerprint density at radius 3 is 2.88 bits per heavy atom. The second kappa shape index (κ2) is 6.12. The maximum Gasteiger partial charge on any atom is 0.239 e. The van der Waals surface area contributed by atoms with E-state index in [9.17, 15) is 4.79 Å². The second-order valence-electron chi connectivity index (χ2n) is 3.83. The van der Waals surface area contributed by atoms with Crippen LogP contribution in [0, 0.1) is 6.92 Å². The molecule has 0 spiro atoms. The summed E-state index contributed by atoms with van der Waals surface area (Å²) >= 11 is 0. The van der Waals surface area contributed by atoms with Crippen LogP contribution in [0.4, 0.5) is 5.82 Å². The van der Waals surface area contributed by atoms with Crippen molar-refractivity contribution < 1.29 is 9.32 Å². The van der Waals surface area contributed by atoms with Crippen LogP contribution >= 0.6 is 0 Å². The van der Waals surface area contributed by atoms with Gasteiger partial charge in [0.2, 0.25) is 5.91 Å². The van der Waals surface area contributed by atoms with Gasteiger partial charge in [0, 0.05) is 19.2 Å². The first kappa shape index (κ1) is 12.5. The average Bonchev–Trinajstić information content (AvgIpc) is 2.61. The van der Waals surface area contributed by atoms with Crippen LogP contribution in [0.2, 0.25) is 0 Å². The third kappa shape index (κ3) is 4.79. The first-order valence-corrected chi connectivity index (χ1v) is 5.16. The molecule has 0 saturated carbocycles. The number of carbonyl (C=O) groups is 1. The van der Waals surface area contributed by atoms with Crippen molar-refractivity contribution in [2.75, 3.05) is 39.0 Å². The minimum absolute atomic E-state index is 0.0532. The van der Waals surface area contributed by atoms with Gasteiger partial charge >= 0.3 is 0 Å². The predicted molar refractivity (Wildman–Crippen MR) is 61.3 cm³/mol.